The summed E-state index contributed by atoms with van der Waals surface area (Å²) in [6.07, 6.45) is 0. The third-order valence-corrected chi connectivity index (χ3v) is 4.64. The number of rotatable bonds is 2. The number of halogens is 1. The zero-order valence-corrected chi connectivity index (χ0v) is 15.6. The zero-order valence-electron chi connectivity index (χ0n) is 14.8. The molecule has 0 aliphatic rings. The first-order valence-electron chi connectivity index (χ1n) is 8.09. The summed E-state index contributed by atoms with van der Waals surface area (Å²) in [6, 6.07) is 7.21. The van der Waals surface area contributed by atoms with Gasteiger partial charge in [0, 0.05) is 24.8 Å². The molecule has 4 aromatic rings. The Balaban J connectivity index is 1.80. The van der Waals surface area contributed by atoms with E-state index in [2.05, 4.69) is 20.4 Å². The minimum Gasteiger partial charge on any atom is -0.313 e. The Hall–Kier alpha value is -2.93. The highest BCUT2D eigenvalue weighted by atomic mass is 35.5. The van der Waals surface area contributed by atoms with Crippen LogP contribution in [-0.4, -0.2) is 30.2 Å². The van der Waals surface area contributed by atoms with Crippen LogP contribution in [0.15, 0.2) is 24.3 Å². The van der Waals surface area contributed by atoms with Gasteiger partial charge in [-0.05, 0) is 38.1 Å². The number of carbonyl (C=O) groups excluding carboxylic acids is 1. The molecule has 1 aromatic carbocycles. The van der Waals surface area contributed by atoms with Crippen LogP contribution in [0.2, 0.25) is 5.02 Å². The average molecular weight is 369 g/mol. The van der Waals surface area contributed by atoms with E-state index in [0.717, 1.165) is 27.8 Å². The molecule has 4 rings (SSSR count). The van der Waals surface area contributed by atoms with Crippen LogP contribution >= 0.6 is 11.6 Å². The molecule has 0 unspecified atom stereocenters. The minimum atomic E-state index is -0.249. The third kappa shape index (κ3) is 2.52. The number of nitrogens with one attached hydrogen (secondary N) is 1. The first-order valence-corrected chi connectivity index (χ1v) is 8.47. The second kappa shape index (κ2) is 5.81. The smallest absolute Gasteiger partial charge is 0.258 e. The normalized spacial score (nSPS) is 11.4. The van der Waals surface area contributed by atoms with Crippen molar-refractivity contribution in [1.82, 2.24) is 24.3 Å². The maximum atomic E-state index is 13.0. The average Bonchev–Trinajstić information content (AvgIpc) is 3.03. The number of fused-ring (bicyclic) bond motifs is 2. The fourth-order valence-electron chi connectivity index (χ4n) is 3.20. The van der Waals surface area contributed by atoms with Gasteiger partial charge in [-0.2, -0.15) is 5.10 Å². The number of hydrogen-bond acceptors (Lipinski definition) is 4. The van der Waals surface area contributed by atoms with Gasteiger partial charge in [-0.15, -0.1) is 0 Å². The van der Waals surface area contributed by atoms with Crippen LogP contribution in [0.1, 0.15) is 21.7 Å². The van der Waals surface area contributed by atoms with Gasteiger partial charge >= 0.3 is 0 Å². The van der Waals surface area contributed by atoms with Crippen molar-refractivity contribution in [2.75, 3.05) is 5.32 Å². The Morgan fingerprint density at radius 3 is 2.69 bits per heavy atom. The van der Waals surface area contributed by atoms with Crippen LogP contribution in [0.3, 0.4) is 0 Å². The van der Waals surface area contributed by atoms with E-state index in [1.54, 1.807) is 22.9 Å². The maximum absolute atomic E-state index is 13.0. The predicted octanol–water partition coefficient (Wildman–Crippen LogP) is 3.38. The van der Waals surface area contributed by atoms with Gasteiger partial charge in [0.2, 0.25) is 5.95 Å². The molecular weight excluding hydrogens is 352 g/mol. The molecule has 0 atom stereocenters. The molecule has 132 valence electrons. The zero-order chi connectivity index (χ0) is 18.6. The largest absolute Gasteiger partial charge is 0.313 e. The molecule has 7 nitrogen and oxygen atoms in total. The second-order valence-electron chi connectivity index (χ2n) is 6.30. The van der Waals surface area contributed by atoms with Gasteiger partial charge in [0.15, 0.2) is 5.65 Å². The molecule has 0 aliphatic carbocycles. The molecule has 1 amide bonds. The van der Waals surface area contributed by atoms with E-state index in [4.69, 9.17) is 11.6 Å². The first kappa shape index (κ1) is 16.5. The minimum absolute atomic E-state index is 0.249. The van der Waals surface area contributed by atoms with Crippen LogP contribution < -0.4 is 5.32 Å². The molecule has 0 aliphatic heterocycles. The van der Waals surface area contributed by atoms with E-state index >= 15 is 0 Å². The molecule has 0 saturated heterocycles. The van der Waals surface area contributed by atoms with Crippen molar-refractivity contribution < 1.29 is 4.79 Å². The third-order valence-electron chi connectivity index (χ3n) is 4.41. The highest BCUT2D eigenvalue weighted by Gasteiger charge is 2.19. The SMILES string of the molecule is Cc1cc(C(=O)Nc2nc3cc(Cl)ccc3n2C)c2c(C)nn(C)c2n1. The van der Waals surface area contributed by atoms with Crippen molar-refractivity contribution in [2.24, 2.45) is 14.1 Å². The van der Waals surface area contributed by atoms with Gasteiger partial charge in [0.25, 0.3) is 5.91 Å². The van der Waals surface area contributed by atoms with Crippen molar-refractivity contribution in [3.63, 3.8) is 0 Å². The second-order valence-corrected chi connectivity index (χ2v) is 6.74. The summed E-state index contributed by atoms with van der Waals surface area (Å²) >= 11 is 6.03. The Morgan fingerprint density at radius 1 is 1.15 bits per heavy atom. The number of hydrogen-bond donors (Lipinski definition) is 1. The van der Waals surface area contributed by atoms with Gasteiger partial charge in [0.05, 0.1) is 27.7 Å². The highest BCUT2D eigenvalue weighted by molar-refractivity contribution is 6.31. The van der Waals surface area contributed by atoms with E-state index < -0.39 is 0 Å². The maximum Gasteiger partial charge on any atom is 0.258 e. The van der Waals surface area contributed by atoms with Gasteiger partial charge in [-0.1, -0.05) is 11.6 Å². The standard InChI is InChI=1S/C18H17ClN6O/c1-9-7-12(15-10(2)23-25(4)16(15)20-9)17(26)22-18-21-13-8-11(19)5-6-14(13)24(18)3/h5-8H,1-4H3,(H,21,22,26). The summed E-state index contributed by atoms with van der Waals surface area (Å²) in [5.74, 6) is 0.206. The Morgan fingerprint density at radius 2 is 1.92 bits per heavy atom. The summed E-state index contributed by atoms with van der Waals surface area (Å²) in [4.78, 5) is 22.0. The van der Waals surface area contributed by atoms with Crippen LogP contribution in [0.5, 0.6) is 0 Å². The molecule has 26 heavy (non-hydrogen) atoms. The molecule has 0 saturated carbocycles. The van der Waals surface area contributed by atoms with E-state index in [-0.39, 0.29) is 5.91 Å². The summed E-state index contributed by atoms with van der Waals surface area (Å²) in [6.45, 7) is 3.73. The van der Waals surface area contributed by atoms with Gasteiger partial charge in [-0.25, -0.2) is 9.97 Å². The Bertz CT molecular complexity index is 1190. The van der Waals surface area contributed by atoms with Crippen LogP contribution in [0, 0.1) is 13.8 Å². The fraction of sp³-hybridized carbons (Fsp3) is 0.222. The van der Waals surface area contributed by atoms with Crippen molar-refractivity contribution in [3.8, 4) is 0 Å². The number of amides is 1. The van der Waals surface area contributed by atoms with Crippen LogP contribution in [-0.2, 0) is 14.1 Å². The summed E-state index contributed by atoms with van der Waals surface area (Å²) in [5.41, 5.74) is 4.34. The lowest BCUT2D eigenvalue weighted by atomic mass is 10.1. The van der Waals surface area contributed by atoms with Crippen molar-refractivity contribution >= 4 is 45.5 Å². The fourth-order valence-corrected chi connectivity index (χ4v) is 3.37. The molecule has 0 radical (unpaired) electrons. The Labute approximate surface area is 154 Å². The van der Waals surface area contributed by atoms with E-state index in [0.29, 0.717) is 22.2 Å². The molecule has 0 spiro atoms. The molecule has 0 bridgehead atoms. The summed E-state index contributed by atoms with van der Waals surface area (Å²) in [7, 11) is 3.67. The number of carbonyl (C=O) groups is 1. The van der Waals surface area contributed by atoms with Gasteiger partial charge < -0.3 is 4.57 Å². The predicted molar refractivity (Wildman–Crippen MR) is 102 cm³/mol. The Kier molecular flexibility index (Phi) is 3.69. The van der Waals surface area contributed by atoms with Crippen LogP contribution in [0.25, 0.3) is 22.1 Å². The van der Waals surface area contributed by atoms with Crippen molar-refractivity contribution in [1.29, 1.82) is 0 Å². The molecule has 0 fully saturated rings. The summed E-state index contributed by atoms with van der Waals surface area (Å²) < 4.78 is 3.51. The van der Waals surface area contributed by atoms with Crippen LogP contribution in [0.4, 0.5) is 5.95 Å². The monoisotopic (exact) mass is 368 g/mol. The van der Waals surface area contributed by atoms with Crippen molar-refractivity contribution in [2.45, 2.75) is 13.8 Å². The molecule has 3 heterocycles. The van der Waals surface area contributed by atoms with Crippen molar-refractivity contribution in [3.05, 3.63) is 46.2 Å². The lowest BCUT2D eigenvalue weighted by Crippen LogP contribution is -2.16. The number of aromatic nitrogens is 5. The van der Waals surface area contributed by atoms with E-state index in [1.807, 2.05) is 38.6 Å². The summed E-state index contributed by atoms with van der Waals surface area (Å²) in [5, 5.41) is 8.63. The van der Waals surface area contributed by atoms with Gasteiger partial charge in [-0.3, -0.25) is 14.8 Å². The lowest BCUT2D eigenvalue weighted by molar-refractivity contribution is 0.102. The number of benzene rings is 1. The van der Waals surface area contributed by atoms with E-state index in [1.165, 1.54) is 0 Å². The quantitative estimate of drug-likeness (QED) is 0.588. The molecule has 8 heteroatoms. The number of aryl methyl sites for hydroxylation is 4. The number of pyridine rings is 1. The van der Waals surface area contributed by atoms with Gasteiger partial charge in [0.1, 0.15) is 0 Å². The number of nitrogens with zero attached hydrogens (tertiary/aromatic N) is 5. The molecule has 3 aromatic heterocycles. The topological polar surface area (TPSA) is 77.6 Å². The highest BCUT2D eigenvalue weighted by Crippen LogP contribution is 2.25. The number of anilines is 1. The lowest BCUT2D eigenvalue weighted by Gasteiger charge is -2.07. The molecule has 1 N–H and O–H groups in total. The first-order chi connectivity index (χ1) is 12.3. The molecular formula is C18H17ClN6O. The van der Waals surface area contributed by atoms with E-state index in [9.17, 15) is 4.79 Å². The number of imidazole rings is 1.